The molecule has 0 unspecified atom stereocenters. The van der Waals surface area contributed by atoms with E-state index in [1.54, 1.807) is 6.92 Å². The Morgan fingerprint density at radius 3 is 2.59 bits per heavy atom. The molecule has 1 aliphatic heterocycles. The van der Waals surface area contributed by atoms with E-state index in [4.69, 9.17) is 0 Å². The van der Waals surface area contributed by atoms with Crippen molar-refractivity contribution in [1.82, 2.24) is 20.0 Å². The molecule has 0 aliphatic carbocycles. The van der Waals surface area contributed by atoms with Gasteiger partial charge in [-0.15, -0.1) is 0 Å². The Kier molecular flexibility index (Phi) is 3.83. The molecule has 3 aromatic rings. The monoisotopic (exact) mass is 375 g/mol. The number of nitrogens with zero attached hydrogens (tertiary/aromatic N) is 3. The molecule has 27 heavy (non-hydrogen) atoms. The summed E-state index contributed by atoms with van der Waals surface area (Å²) in [7, 11) is 0. The number of fused-ring (bicyclic) bond motifs is 1. The van der Waals surface area contributed by atoms with Gasteiger partial charge < -0.3 is 5.32 Å². The third-order valence-corrected chi connectivity index (χ3v) is 4.42. The zero-order valence-electron chi connectivity index (χ0n) is 13.9. The number of rotatable bonds is 2. The first kappa shape index (κ1) is 17.0. The van der Waals surface area contributed by atoms with Gasteiger partial charge in [0.25, 0.3) is 5.56 Å². The van der Waals surface area contributed by atoms with E-state index in [-0.39, 0.29) is 23.6 Å². The van der Waals surface area contributed by atoms with Crippen molar-refractivity contribution >= 4 is 11.7 Å². The van der Waals surface area contributed by atoms with Crippen molar-refractivity contribution < 1.29 is 18.0 Å². The maximum Gasteiger partial charge on any atom is 0.264 e. The van der Waals surface area contributed by atoms with Crippen molar-refractivity contribution in [3.63, 3.8) is 0 Å². The van der Waals surface area contributed by atoms with E-state index in [0.717, 1.165) is 12.1 Å². The third kappa shape index (κ3) is 2.69. The van der Waals surface area contributed by atoms with Gasteiger partial charge in [-0.3, -0.25) is 9.59 Å². The summed E-state index contributed by atoms with van der Waals surface area (Å²) in [4.78, 5) is 23.4. The first-order chi connectivity index (χ1) is 12.9. The van der Waals surface area contributed by atoms with Crippen molar-refractivity contribution in [2.24, 2.45) is 0 Å². The van der Waals surface area contributed by atoms with Crippen molar-refractivity contribution in [2.75, 3.05) is 5.32 Å². The van der Waals surface area contributed by atoms with Crippen LogP contribution in [0, 0.1) is 24.4 Å². The molecular formula is C17H12F3N5O2. The molecule has 2 N–H and O–H groups in total. The molecular weight excluding hydrogens is 363 g/mol. The molecule has 1 aromatic carbocycles. The van der Waals surface area contributed by atoms with Gasteiger partial charge in [-0.25, -0.2) is 18.3 Å². The van der Waals surface area contributed by atoms with Crippen LogP contribution in [0.5, 0.6) is 0 Å². The number of hydrogen-bond donors (Lipinski definition) is 2. The molecule has 1 amide bonds. The largest absolute Gasteiger partial charge is 0.310 e. The van der Waals surface area contributed by atoms with Crippen LogP contribution in [0.2, 0.25) is 0 Å². The minimum Gasteiger partial charge on any atom is -0.310 e. The molecule has 0 spiro atoms. The number of aromatic nitrogens is 4. The van der Waals surface area contributed by atoms with Crippen LogP contribution in [0.25, 0.3) is 5.82 Å². The number of hydrogen-bond acceptors (Lipinski definition) is 4. The van der Waals surface area contributed by atoms with Crippen molar-refractivity contribution in [1.29, 1.82) is 0 Å². The molecule has 0 saturated heterocycles. The Morgan fingerprint density at radius 2 is 1.89 bits per heavy atom. The Bertz CT molecular complexity index is 1120. The summed E-state index contributed by atoms with van der Waals surface area (Å²) in [6, 6.07) is 4.58. The highest BCUT2D eigenvalue weighted by molar-refractivity contribution is 5.95. The first-order valence-corrected chi connectivity index (χ1v) is 7.95. The summed E-state index contributed by atoms with van der Waals surface area (Å²) >= 11 is 0. The average molecular weight is 375 g/mol. The van der Waals surface area contributed by atoms with Crippen LogP contribution in [0.1, 0.15) is 29.2 Å². The van der Waals surface area contributed by atoms with Crippen molar-refractivity contribution in [2.45, 2.75) is 19.3 Å². The summed E-state index contributed by atoms with van der Waals surface area (Å²) in [6.45, 7) is 1.64. The number of aromatic amines is 1. The number of carbonyl (C=O) groups excluding carboxylic acids is 1. The SMILES string of the molecule is Cc1nn(-c2ccc(=O)[nH]n2)c2c1[C@@H](c1ccc(F)c(F)c1F)CC(=O)N2. The molecule has 10 heteroatoms. The van der Waals surface area contributed by atoms with Crippen molar-refractivity contribution in [3.05, 3.63) is 68.9 Å². The summed E-state index contributed by atoms with van der Waals surface area (Å²) < 4.78 is 42.6. The van der Waals surface area contributed by atoms with Crippen LogP contribution in [0.4, 0.5) is 19.0 Å². The normalized spacial score (nSPS) is 16.1. The van der Waals surface area contributed by atoms with Gasteiger partial charge in [0, 0.05) is 24.0 Å². The second kappa shape index (κ2) is 6.08. The summed E-state index contributed by atoms with van der Waals surface area (Å²) in [5.41, 5.74) is 0.365. The topological polar surface area (TPSA) is 92.7 Å². The predicted molar refractivity (Wildman–Crippen MR) is 88.1 cm³/mol. The lowest BCUT2D eigenvalue weighted by Crippen LogP contribution is -2.26. The summed E-state index contributed by atoms with van der Waals surface area (Å²) in [5, 5.41) is 13.1. The quantitative estimate of drug-likeness (QED) is 0.672. The van der Waals surface area contributed by atoms with E-state index in [1.807, 2.05) is 0 Å². The van der Waals surface area contributed by atoms with Crippen LogP contribution in [0.3, 0.4) is 0 Å². The molecule has 0 saturated carbocycles. The molecule has 4 rings (SSSR count). The van der Waals surface area contributed by atoms with E-state index in [9.17, 15) is 22.8 Å². The number of nitrogens with one attached hydrogen (secondary N) is 2. The van der Waals surface area contributed by atoms with Crippen LogP contribution >= 0.6 is 0 Å². The van der Waals surface area contributed by atoms with Crippen LogP contribution < -0.4 is 10.9 Å². The first-order valence-electron chi connectivity index (χ1n) is 7.95. The number of aryl methyl sites for hydroxylation is 1. The van der Waals surface area contributed by atoms with Gasteiger partial charge in [0.05, 0.1) is 5.69 Å². The highest BCUT2D eigenvalue weighted by atomic mass is 19.2. The highest BCUT2D eigenvalue weighted by Gasteiger charge is 2.35. The predicted octanol–water partition coefficient (Wildman–Crippen LogP) is 2.16. The van der Waals surface area contributed by atoms with Gasteiger partial charge in [-0.2, -0.15) is 14.9 Å². The van der Waals surface area contributed by atoms with Gasteiger partial charge in [-0.05, 0) is 24.6 Å². The number of anilines is 1. The Hall–Kier alpha value is -3.43. The minimum atomic E-state index is -1.59. The van der Waals surface area contributed by atoms with E-state index in [1.165, 1.54) is 16.8 Å². The number of benzene rings is 1. The average Bonchev–Trinajstić information content (AvgIpc) is 2.96. The molecule has 3 heterocycles. The fourth-order valence-electron chi connectivity index (χ4n) is 3.24. The number of halogens is 3. The van der Waals surface area contributed by atoms with E-state index in [2.05, 4.69) is 20.6 Å². The van der Waals surface area contributed by atoms with Crippen LogP contribution in [0.15, 0.2) is 29.1 Å². The van der Waals surface area contributed by atoms with Gasteiger partial charge >= 0.3 is 0 Å². The smallest absolute Gasteiger partial charge is 0.264 e. The number of carbonyl (C=O) groups is 1. The van der Waals surface area contributed by atoms with E-state index in [0.29, 0.717) is 11.3 Å². The molecule has 2 aromatic heterocycles. The maximum atomic E-state index is 14.3. The Labute approximate surface area is 149 Å². The highest BCUT2D eigenvalue weighted by Crippen LogP contribution is 2.41. The summed E-state index contributed by atoms with van der Waals surface area (Å²) in [6.07, 6.45) is -0.152. The van der Waals surface area contributed by atoms with Crippen molar-refractivity contribution in [3.8, 4) is 5.82 Å². The molecule has 0 fully saturated rings. The van der Waals surface area contributed by atoms with Gasteiger partial charge in [0.15, 0.2) is 23.3 Å². The number of H-pyrrole nitrogens is 1. The lowest BCUT2D eigenvalue weighted by Gasteiger charge is -2.24. The lowest BCUT2D eigenvalue weighted by molar-refractivity contribution is -0.116. The van der Waals surface area contributed by atoms with Crippen LogP contribution in [-0.4, -0.2) is 25.9 Å². The number of amides is 1. The fourth-order valence-corrected chi connectivity index (χ4v) is 3.24. The second-order valence-corrected chi connectivity index (χ2v) is 6.11. The van der Waals surface area contributed by atoms with Gasteiger partial charge in [-0.1, -0.05) is 6.07 Å². The molecule has 0 bridgehead atoms. The molecule has 1 atom stereocenters. The summed E-state index contributed by atoms with van der Waals surface area (Å²) in [5.74, 6) is -5.06. The van der Waals surface area contributed by atoms with E-state index >= 15 is 0 Å². The maximum absolute atomic E-state index is 14.3. The fraction of sp³-hybridized carbons (Fsp3) is 0.176. The second-order valence-electron chi connectivity index (χ2n) is 6.11. The zero-order valence-corrected chi connectivity index (χ0v) is 13.9. The molecule has 1 aliphatic rings. The van der Waals surface area contributed by atoms with E-state index < -0.39 is 34.8 Å². The molecule has 138 valence electrons. The van der Waals surface area contributed by atoms with Gasteiger partial charge in [0.1, 0.15) is 5.82 Å². The van der Waals surface area contributed by atoms with Gasteiger partial charge in [0.2, 0.25) is 5.91 Å². The molecule has 7 nitrogen and oxygen atoms in total. The Morgan fingerprint density at radius 1 is 1.11 bits per heavy atom. The molecule has 0 radical (unpaired) electrons. The Balaban J connectivity index is 1.91. The zero-order chi connectivity index (χ0) is 19.3. The lowest BCUT2D eigenvalue weighted by atomic mass is 9.85. The standard InChI is InChI=1S/C17H12F3N5O2/c1-7-14-9(8-2-3-10(18)16(20)15(8)19)6-13(27)21-17(14)25(24-7)11-4-5-12(26)23-22-11/h2-5,9H,6H2,1H3,(H,21,27)(H,23,26)/t9-/m1/s1. The third-order valence-electron chi connectivity index (χ3n) is 4.42. The minimum absolute atomic E-state index is 0.137. The van der Waals surface area contributed by atoms with Crippen LogP contribution in [-0.2, 0) is 4.79 Å².